The van der Waals surface area contributed by atoms with Crippen molar-refractivity contribution in [3.8, 4) is 0 Å². The molecule has 20 heavy (non-hydrogen) atoms. The Hall–Kier alpha value is -1.16. The molecule has 1 aromatic carbocycles. The highest BCUT2D eigenvalue weighted by Gasteiger charge is 2.38. The summed E-state index contributed by atoms with van der Waals surface area (Å²) < 4.78 is 17.9. The molecule has 110 valence electrons. The van der Waals surface area contributed by atoms with Crippen LogP contribution in [0.4, 0.5) is 0 Å². The monoisotopic (exact) mass is 294 g/mol. The van der Waals surface area contributed by atoms with Crippen molar-refractivity contribution in [1.82, 2.24) is 0 Å². The van der Waals surface area contributed by atoms with Crippen LogP contribution in [-0.2, 0) is 20.3 Å². The molecular formula is C16H22O3S. The lowest BCUT2D eigenvalue weighted by Gasteiger charge is -2.17. The van der Waals surface area contributed by atoms with Gasteiger partial charge in [0, 0.05) is 4.90 Å². The summed E-state index contributed by atoms with van der Waals surface area (Å²) in [5.41, 5.74) is 0. The van der Waals surface area contributed by atoms with E-state index < -0.39 is 10.8 Å². The highest BCUT2D eigenvalue weighted by atomic mass is 32.2. The van der Waals surface area contributed by atoms with Gasteiger partial charge in [-0.25, -0.2) is 0 Å². The van der Waals surface area contributed by atoms with Crippen LogP contribution in [-0.4, -0.2) is 21.5 Å². The fraction of sp³-hybridized carbons (Fsp3) is 0.562. The number of esters is 1. The lowest BCUT2D eigenvalue weighted by atomic mass is 10.1. The molecule has 1 aliphatic heterocycles. The molecule has 0 bridgehead atoms. The normalized spacial score (nSPS) is 23.6. The van der Waals surface area contributed by atoms with E-state index in [2.05, 4.69) is 6.92 Å². The molecule has 1 saturated heterocycles. The summed E-state index contributed by atoms with van der Waals surface area (Å²) in [5, 5.41) is -0.188. The topological polar surface area (TPSA) is 43.4 Å². The lowest BCUT2D eigenvalue weighted by Crippen LogP contribution is -2.26. The van der Waals surface area contributed by atoms with Crippen LogP contribution in [0.2, 0.25) is 0 Å². The molecule has 0 aromatic heterocycles. The average Bonchev–Trinajstić information content (AvgIpc) is 2.85. The van der Waals surface area contributed by atoms with Crippen LogP contribution in [0.15, 0.2) is 35.2 Å². The quantitative estimate of drug-likeness (QED) is 0.571. The van der Waals surface area contributed by atoms with Gasteiger partial charge in [0.05, 0.1) is 22.5 Å². The molecule has 0 N–H and O–H groups in total. The second-order valence-corrected chi connectivity index (χ2v) is 6.90. The highest BCUT2D eigenvalue weighted by molar-refractivity contribution is 7.85. The Morgan fingerprint density at radius 1 is 1.20 bits per heavy atom. The van der Waals surface area contributed by atoms with Gasteiger partial charge < -0.3 is 4.74 Å². The first-order valence-electron chi connectivity index (χ1n) is 7.37. The highest BCUT2D eigenvalue weighted by Crippen LogP contribution is 2.28. The van der Waals surface area contributed by atoms with E-state index in [1.165, 1.54) is 12.8 Å². The first-order chi connectivity index (χ1) is 9.72. The van der Waals surface area contributed by atoms with Gasteiger partial charge in [0.1, 0.15) is 6.10 Å². The Bertz CT molecular complexity index is 458. The Balaban J connectivity index is 1.97. The second kappa shape index (κ2) is 7.58. The summed E-state index contributed by atoms with van der Waals surface area (Å²) >= 11 is 0. The number of benzene rings is 1. The Labute approximate surface area is 123 Å². The van der Waals surface area contributed by atoms with Crippen LogP contribution in [0.25, 0.3) is 0 Å². The lowest BCUT2D eigenvalue weighted by molar-refractivity contribution is -0.141. The smallest absolute Gasteiger partial charge is 0.307 e. The maximum atomic E-state index is 12.6. The van der Waals surface area contributed by atoms with Crippen LogP contribution >= 0.6 is 0 Å². The zero-order valence-electron chi connectivity index (χ0n) is 11.9. The SMILES string of the molecule is CCCCCCC1OC(=O)CC1S(=O)c1ccccc1. The Morgan fingerprint density at radius 3 is 2.65 bits per heavy atom. The van der Waals surface area contributed by atoms with E-state index in [-0.39, 0.29) is 23.7 Å². The predicted octanol–water partition coefficient (Wildman–Crippen LogP) is 3.45. The van der Waals surface area contributed by atoms with Crippen LogP contribution < -0.4 is 0 Å². The van der Waals surface area contributed by atoms with Crippen molar-refractivity contribution in [2.75, 3.05) is 0 Å². The molecule has 1 aromatic rings. The van der Waals surface area contributed by atoms with E-state index in [0.717, 1.165) is 24.2 Å². The maximum absolute atomic E-state index is 12.6. The molecule has 1 heterocycles. The molecule has 2 rings (SSSR count). The van der Waals surface area contributed by atoms with Gasteiger partial charge >= 0.3 is 5.97 Å². The second-order valence-electron chi connectivity index (χ2n) is 5.23. The van der Waals surface area contributed by atoms with Gasteiger partial charge in [-0.2, -0.15) is 0 Å². The molecule has 4 heteroatoms. The maximum Gasteiger partial charge on any atom is 0.307 e. The van der Waals surface area contributed by atoms with Gasteiger partial charge in [0.2, 0.25) is 0 Å². The summed E-state index contributed by atoms with van der Waals surface area (Å²) in [4.78, 5) is 12.3. The summed E-state index contributed by atoms with van der Waals surface area (Å²) in [6.07, 6.45) is 5.50. The molecule has 3 unspecified atom stereocenters. The van der Waals surface area contributed by atoms with Crippen LogP contribution in [0, 0.1) is 0 Å². The summed E-state index contributed by atoms with van der Waals surface area (Å²) in [7, 11) is -1.16. The molecule has 0 radical (unpaired) electrons. The third-order valence-corrected chi connectivity index (χ3v) is 5.41. The largest absolute Gasteiger partial charge is 0.461 e. The van der Waals surface area contributed by atoms with Crippen molar-refractivity contribution in [3.63, 3.8) is 0 Å². The molecular weight excluding hydrogens is 272 g/mol. The van der Waals surface area contributed by atoms with Crippen molar-refractivity contribution in [3.05, 3.63) is 30.3 Å². The first kappa shape index (κ1) is 15.2. The van der Waals surface area contributed by atoms with E-state index in [1.807, 2.05) is 30.3 Å². The van der Waals surface area contributed by atoms with Gasteiger partial charge in [-0.05, 0) is 25.0 Å². The molecule has 3 nitrogen and oxygen atoms in total. The number of hydrogen-bond acceptors (Lipinski definition) is 3. The van der Waals surface area contributed by atoms with E-state index in [0.29, 0.717) is 0 Å². The summed E-state index contributed by atoms with van der Waals surface area (Å²) in [5.74, 6) is -0.209. The summed E-state index contributed by atoms with van der Waals surface area (Å²) in [6.45, 7) is 2.17. The number of unbranched alkanes of at least 4 members (excludes halogenated alkanes) is 3. The summed E-state index contributed by atoms with van der Waals surface area (Å²) in [6, 6.07) is 9.36. The number of rotatable bonds is 7. The number of carbonyl (C=O) groups is 1. The molecule has 0 spiro atoms. The molecule has 3 atom stereocenters. The van der Waals surface area contributed by atoms with Gasteiger partial charge in [0.15, 0.2) is 0 Å². The fourth-order valence-corrected chi connectivity index (χ4v) is 4.08. The third kappa shape index (κ3) is 3.92. The number of carbonyl (C=O) groups excluding carboxylic acids is 1. The van der Waals surface area contributed by atoms with Crippen molar-refractivity contribution in [2.45, 2.75) is 61.7 Å². The molecule has 0 amide bonds. The number of ether oxygens (including phenoxy) is 1. The average molecular weight is 294 g/mol. The van der Waals surface area contributed by atoms with E-state index in [4.69, 9.17) is 4.74 Å². The van der Waals surface area contributed by atoms with Gasteiger partial charge in [0.25, 0.3) is 0 Å². The standard InChI is InChI=1S/C16H22O3S/c1-2-3-4-8-11-14-15(12-16(17)19-14)20(18)13-9-6-5-7-10-13/h5-7,9-10,14-15H,2-4,8,11-12H2,1H3. The van der Waals surface area contributed by atoms with Crippen LogP contribution in [0.3, 0.4) is 0 Å². The van der Waals surface area contributed by atoms with Gasteiger partial charge in [-0.1, -0.05) is 44.4 Å². The number of cyclic esters (lactones) is 1. The fourth-order valence-electron chi connectivity index (χ4n) is 2.55. The van der Waals surface area contributed by atoms with E-state index >= 15 is 0 Å². The van der Waals surface area contributed by atoms with Crippen molar-refractivity contribution in [1.29, 1.82) is 0 Å². The molecule has 1 aliphatic rings. The molecule has 0 saturated carbocycles. The molecule has 0 aliphatic carbocycles. The van der Waals surface area contributed by atoms with Crippen LogP contribution in [0.5, 0.6) is 0 Å². The van der Waals surface area contributed by atoms with Crippen LogP contribution in [0.1, 0.15) is 45.4 Å². The van der Waals surface area contributed by atoms with E-state index in [1.54, 1.807) is 0 Å². The van der Waals surface area contributed by atoms with Crippen molar-refractivity contribution in [2.24, 2.45) is 0 Å². The van der Waals surface area contributed by atoms with Gasteiger partial charge in [-0.15, -0.1) is 0 Å². The predicted molar refractivity (Wildman–Crippen MR) is 79.9 cm³/mol. The zero-order chi connectivity index (χ0) is 14.4. The Kier molecular flexibility index (Phi) is 5.77. The van der Waals surface area contributed by atoms with Crippen molar-refractivity contribution < 1.29 is 13.7 Å². The first-order valence-corrected chi connectivity index (χ1v) is 8.58. The minimum atomic E-state index is -1.16. The van der Waals surface area contributed by atoms with Crippen molar-refractivity contribution >= 4 is 16.8 Å². The third-order valence-electron chi connectivity index (χ3n) is 3.66. The van der Waals surface area contributed by atoms with Gasteiger partial charge in [-0.3, -0.25) is 9.00 Å². The zero-order valence-corrected chi connectivity index (χ0v) is 12.7. The Morgan fingerprint density at radius 2 is 1.95 bits per heavy atom. The number of hydrogen-bond donors (Lipinski definition) is 0. The minimum Gasteiger partial charge on any atom is -0.461 e. The van der Waals surface area contributed by atoms with E-state index in [9.17, 15) is 9.00 Å². The minimum absolute atomic E-state index is 0.180. The molecule has 1 fully saturated rings.